The smallest absolute Gasteiger partial charge is 0.331 e. The van der Waals surface area contributed by atoms with E-state index in [9.17, 15) is 9.59 Å². The zero-order valence-electron chi connectivity index (χ0n) is 16.6. The molecule has 0 heterocycles. The molecule has 0 aromatic rings. The molecule has 0 aliphatic carbocycles. The Balaban J connectivity index is 3.23. The Morgan fingerprint density at radius 1 is 0.731 bits per heavy atom. The fourth-order valence-corrected chi connectivity index (χ4v) is 2.71. The second-order valence-corrected chi connectivity index (χ2v) is 6.78. The Bertz CT molecular complexity index is 399. The molecular weight excluding hydrogens is 328 g/mol. The minimum absolute atomic E-state index is 0.365. The summed E-state index contributed by atoms with van der Waals surface area (Å²) in [6.45, 7) is 2.62. The van der Waals surface area contributed by atoms with Gasteiger partial charge >= 0.3 is 11.9 Å². The van der Waals surface area contributed by atoms with E-state index in [0.717, 1.165) is 31.4 Å². The van der Waals surface area contributed by atoms with E-state index >= 15 is 0 Å². The van der Waals surface area contributed by atoms with Gasteiger partial charge in [-0.15, -0.1) is 0 Å². The van der Waals surface area contributed by atoms with Crippen LogP contribution in [0.2, 0.25) is 0 Å². The van der Waals surface area contributed by atoms with Crippen LogP contribution in [0.5, 0.6) is 0 Å². The molecule has 150 valence electrons. The predicted octanol–water partition coefficient (Wildman–Crippen LogP) is 6.21. The minimum atomic E-state index is -1.14. The molecule has 0 atom stereocenters. The van der Waals surface area contributed by atoms with E-state index in [4.69, 9.17) is 9.84 Å². The van der Waals surface area contributed by atoms with Gasteiger partial charge in [0.2, 0.25) is 0 Å². The fourth-order valence-electron chi connectivity index (χ4n) is 2.71. The second kappa shape index (κ2) is 19.7. The van der Waals surface area contributed by atoms with Crippen LogP contribution in [0.3, 0.4) is 0 Å². The minimum Gasteiger partial charge on any atom is -0.478 e. The third-order valence-electron chi connectivity index (χ3n) is 4.26. The van der Waals surface area contributed by atoms with Gasteiger partial charge in [-0.05, 0) is 32.1 Å². The van der Waals surface area contributed by atoms with Crippen molar-refractivity contribution in [2.75, 3.05) is 6.61 Å². The third-order valence-corrected chi connectivity index (χ3v) is 4.26. The number of carboxylic acid groups (broad SMARTS) is 1. The molecule has 0 fully saturated rings. The lowest BCUT2D eigenvalue weighted by Gasteiger charge is -2.02. The van der Waals surface area contributed by atoms with Crippen LogP contribution in [0.1, 0.15) is 96.8 Å². The quantitative estimate of drug-likeness (QED) is 0.136. The van der Waals surface area contributed by atoms with Gasteiger partial charge in [0.25, 0.3) is 0 Å². The third kappa shape index (κ3) is 20.5. The SMILES string of the molecule is CCCCCCCC/C=C/CCCCCCCCOC(=O)/C=C\C(=O)O. The highest BCUT2D eigenvalue weighted by atomic mass is 16.5. The van der Waals surface area contributed by atoms with Gasteiger partial charge in [-0.1, -0.05) is 76.9 Å². The van der Waals surface area contributed by atoms with E-state index in [1.54, 1.807) is 0 Å². The van der Waals surface area contributed by atoms with Crippen molar-refractivity contribution in [1.29, 1.82) is 0 Å². The van der Waals surface area contributed by atoms with E-state index in [-0.39, 0.29) is 0 Å². The van der Waals surface area contributed by atoms with E-state index < -0.39 is 11.9 Å². The molecule has 0 amide bonds. The van der Waals surface area contributed by atoms with Crippen LogP contribution < -0.4 is 0 Å². The van der Waals surface area contributed by atoms with Gasteiger partial charge in [-0.2, -0.15) is 0 Å². The summed E-state index contributed by atoms with van der Waals surface area (Å²) < 4.78 is 4.91. The van der Waals surface area contributed by atoms with Crippen molar-refractivity contribution in [3.05, 3.63) is 24.3 Å². The van der Waals surface area contributed by atoms with Crippen LogP contribution in [0.15, 0.2) is 24.3 Å². The average molecular weight is 367 g/mol. The standard InChI is InChI=1S/C22H38O4/c1-2-3-4-5-6-7-8-9-10-11-12-13-14-15-16-17-20-26-22(25)19-18-21(23)24/h9-10,18-19H,2-8,11-17,20H2,1H3,(H,23,24)/b10-9+,19-18-. The lowest BCUT2D eigenvalue weighted by atomic mass is 10.1. The zero-order valence-corrected chi connectivity index (χ0v) is 16.6. The maximum atomic E-state index is 11.1. The summed E-state index contributed by atoms with van der Waals surface area (Å²) >= 11 is 0. The molecular formula is C22H38O4. The largest absolute Gasteiger partial charge is 0.478 e. The second-order valence-electron chi connectivity index (χ2n) is 6.78. The summed E-state index contributed by atoms with van der Waals surface area (Å²) in [6, 6.07) is 0. The Kier molecular flexibility index (Phi) is 18.5. The maximum absolute atomic E-state index is 11.1. The molecule has 0 aromatic heterocycles. The van der Waals surface area contributed by atoms with Gasteiger partial charge in [0.1, 0.15) is 0 Å². The van der Waals surface area contributed by atoms with Crippen molar-refractivity contribution in [3.8, 4) is 0 Å². The summed E-state index contributed by atoms with van der Waals surface area (Å²) in [4.78, 5) is 21.4. The molecule has 4 nitrogen and oxygen atoms in total. The average Bonchev–Trinajstić information content (AvgIpc) is 2.62. The van der Waals surface area contributed by atoms with Gasteiger partial charge in [-0.25, -0.2) is 9.59 Å². The van der Waals surface area contributed by atoms with Gasteiger partial charge in [0.15, 0.2) is 0 Å². The number of rotatable bonds is 18. The number of esters is 1. The number of allylic oxidation sites excluding steroid dienone is 2. The number of hydrogen-bond donors (Lipinski definition) is 1. The molecule has 0 unspecified atom stereocenters. The molecule has 0 rings (SSSR count). The van der Waals surface area contributed by atoms with Crippen molar-refractivity contribution in [1.82, 2.24) is 0 Å². The lowest BCUT2D eigenvalue weighted by molar-refractivity contribution is -0.138. The van der Waals surface area contributed by atoms with Crippen molar-refractivity contribution < 1.29 is 19.4 Å². The van der Waals surface area contributed by atoms with Crippen molar-refractivity contribution in [2.24, 2.45) is 0 Å². The number of aliphatic carboxylic acids is 1. The molecule has 26 heavy (non-hydrogen) atoms. The molecule has 0 saturated heterocycles. The van der Waals surface area contributed by atoms with Crippen LogP contribution in [0.4, 0.5) is 0 Å². The molecule has 1 N–H and O–H groups in total. The van der Waals surface area contributed by atoms with Crippen molar-refractivity contribution in [2.45, 2.75) is 96.8 Å². The highest BCUT2D eigenvalue weighted by Gasteiger charge is 1.98. The topological polar surface area (TPSA) is 63.6 Å². The lowest BCUT2D eigenvalue weighted by Crippen LogP contribution is -2.03. The molecule has 4 heteroatoms. The van der Waals surface area contributed by atoms with E-state index in [1.165, 1.54) is 70.6 Å². The molecule has 0 saturated carbocycles. The molecule has 0 radical (unpaired) electrons. The van der Waals surface area contributed by atoms with Gasteiger partial charge in [-0.3, -0.25) is 0 Å². The van der Waals surface area contributed by atoms with Crippen LogP contribution in [-0.4, -0.2) is 23.7 Å². The van der Waals surface area contributed by atoms with Gasteiger partial charge < -0.3 is 9.84 Å². The zero-order chi connectivity index (χ0) is 19.3. The van der Waals surface area contributed by atoms with Crippen molar-refractivity contribution >= 4 is 11.9 Å². The van der Waals surface area contributed by atoms with E-state index in [0.29, 0.717) is 6.61 Å². The van der Waals surface area contributed by atoms with Gasteiger partial charge in [0.05, 0.1) is 6.61 Å². The highest BCUT2D eigenvalue weighted by molar-refractivity contribution is 5.90. The Morgan fingerprint density at radius 3 is 1.77 bits per heavy atom. The normalized spacial score (nSPS) is 11.4. The summed E-state index contributed by atoms with van der Waals surface area (Å²) in [5, 5.41) is 8.38. The first-order chi connectivity index (χ1) is 12.7. The molecule has 0 aliphatic rings. The number of hydrogen-bond acceptors (Lipinski definition) is 3. The Labute approximate surface area is 159 Å². The summed E-state index contributed by atoms with van der Waals surface area (Å²) in [7, 11) is 0. The first kappa shape index (κ1) is 24.4. The number of carbonyl (C=O) groups is 2. The predicted molar refractivity (Wildman–Crippen MR) is 107 cm³/mol. The van der Waals surface area contributed by atoms with E-state index in [1.807, 2.05) is 0 Å². The fraction of sp³-hybridized carbons (Fsp3) is 0.727. The molecule has 0 aliphatic heterocycles. The molecule has 0 bridgehead atoms. The maximum Gasteiger partial charge on any atom is 0.331 e. The number of ether oxygens (including phenoxy) is 1. The van der Waals surface area contributed by atoms with Crippen LogP contribution >= 0.6 is 0 Å². The Hall–Kier alpha value is -1.58. The highest BCUT2D eigenvalue weighted by Crippen LogP contribution is 2.10. The monoisotopic (exact) mass is 366 g/mol. The van der Waals surface area contributed by atoms with Crippen LogP contribution in [-0.2, 0) is 14.3 Å². The van der Waals surface area contributed by atoms with Gasteiger partial charge in [0, 0.05) is 12.2 Å². The first-order valence-electron chi connectivity index (χ1n) is 10.4. The first-order valence-corrected chi connectivity index (χ1v) is 10.4. The van der Waals surface area contributed by atoms with E-state index in [2.05, 4.69) is 19.1 Å². The van der Waals surface area contributed by atoms with Crippen LogP contribution in [0.25, 0.3) is 0 Å². The van der Waals surface area contributed by atoms with Crippen LogP contribution in [0, 0.1) is 0 Å². The summed E-state index contributed by atoms with van der Waals surface area (Å²) in [6.07, 6.45) is 23.8. The molecule has 0 spiro atoms. The summed E-state index contributed by atoms with van der Waals surface area (Å²) in [5.41, 5.74) is 0. The Morgan fingerprint density at radius 2 is 1.23 bits per heavy atom. The van der Waals surface area contributed by atoms with Crippen molar-refractivity contribution in [3.63, 3.8) is 0 Å². The number of unbranched alkanes of at least 4 members (excludes halogenated alkanes) is 12. The number of carbonyl (C=O) groups excluding carboxylic acids is 1. The number of carboxylic acids is 1. The summed E-state index contributed by atoms with van der Waals surface area (Å²) in [5.74, 6) is -1.72. The molecule has 0 aromatic carbocycles.